The summed E-state index contributed by atoms with van der Waals surface area (Å²) in [6.45, 7) is 4.96. The molecule has 0 aromatic heterocycles. The molecular formula is C16H17NO2S. The molecule has 0 spiro atoms. The third-order valence-corrected chi connectivity index (χ3v) is 4.03. The second-order valence-corrected chi connectivity index (χ2v) is 5.55. The summed E-state index contributed by atoms with van der Waals surface area (Å²) in [7, 11) is 1.71. The molecule has 1 aliphatic heterocycles. The molecule has 0 radical (unpaired) electrons. The smallest absolute Gasteiger partial charge is 0.151 e. The van der Waals surface area contributed by atoms with Gasteiger partial charge in [-0.1, -0.05) is 18.2 Å². The molecule has 0 bridgehead atoms. The SMILES string of the molecule is COc1c(C)cc(-c2cccc3c2OSNC3)cc1C. The van der Waals surface area contributed by atoms with Crippen molar-refractivity contribution in [1.82, 2.24) is 4.72 Å². The number of nitrogens with one attached hydrogen (secondary N) is 1. The van der Waals surface area contributed by atoms with Gasteiger partial charge < -0.3 is 8.92 Å². The minimum absolute atomic E-state index is 0.821. The van der Waals surface area contributed by atoms with Crippen molar-refractivity contribution in [3.63, 3.8) is 0 Å². The van der Waals surface area contributed by atoms with Crippen molar-refractivity contribution in [2.75, 3.05) is 7.11 Å². The summed E-state index contributed by atoms with van der Waals surface area (Å²) in [6, 6.07) is 10.6. The van der Waals surface area contributed by atoms with Crippen LogP contribution in [0.4, 0.5) is 0 Å². The van der Waals surface area contributed by atoms with E-state index in [9.17, 15) is 0 Å². The molecule has 1 aliphatic rings. The third-order valence-electron chi connectivity index (χ3n) is 3.52. The van der Waals surface area contributed by atoms with Gasteiger partial charge in [-0.25, -0.2) is 4.72 Å². The lowest BCUT2D eigenvalue weighted by Gasteiger charge is -2.20. The van der Waals surface area contributed by atoms with Crippen LogP contribution in [-0.2, 0) is 6.54 Å². The van der Waals surface area contributed by atoms with Gasteiger partial charge in [-0.2, -0.15) is 0 Å². The average Bonchev–Trinajstić information content (AvgIpc) is 2.46. The molecule has 0 saturated heterocycles. The van der Waals surface area contributed by atoms with Crippen molar-refractivity contribution in [2.24, 2.45) is 0 Å². The third kappa shape index (κ3) is 2.25. The Morgan fingerprint density at radius 2 is 1.95 bits per heavy atom. The Morgan fingerprint density at radius 3 is 2.65 bits per heavy atom. The van der Waals surface area contributed by atoms with Gasteiger partial charge in [0.1, 0.15) is 18.0 Å². The summed E-state index contributed by atoms with van der Waals surface area (Å²) >= 11 is 1.29. The molecule has 0 unspecified atom stereocenters. The molecule has 1 heterocycles. The lowest BCUT2D eigenvalue weighted by atomic mass is 9.97. The molecule has 0 saturated carbocycles. The highest BCUT2D eigenvalue weighted by atomic mass is 32.2. The van der Waals surface area contributed by atoms with Gasteiger partial charge in [-0.05, 0) is 42.7 Å². The van der Waals surface area contributed by atoms with Crippen LogP contribution in [-0.4, -0.2) is 7.11 Å². The summed E-state index contributed by atoms with van der Waals surface area (Å²) in [5.74, 6) is 1.91. The van der Waals surface area contributed by atoms with E-state index in [0.717, 1.165) is 34.7 Å². The van der Waals surface area contributed by atoms with Gasteiger partial charge in [-0.3, -0.25) is 0 Å². The zero-order valence-electron chi connectivity index (χ0n) is 11.8. The highest BCUT2D eigenvalue weighted by Crippen LogP contribution is 2.39. The van der Waals surface area contributed by atoms with E-state index in [1.165, 1.54) is 23.4 Å². The Balaban J connectivity index is 2.14. The van der Waals surface area contributed by atoms with E-state index in [0.29, 0.717) is 0 Å². The van der Waals surface area contributed by atoms with E-state index < -0.39 is 0 Å². The van der Waals surface area contributed by atoms with Crippen LogP contribution in [0.25, 0.3) is 11.1 Å². The molecule has 1 N–H and O–H groups in total. The number of benzene rings is 2. The van der Waals surface area contributed by atoms with Crippen molar-refractivity contribution < 1.29 is 8.92 Å². The first-order chi connectivity index (χ1) is 9.70. The van der Waals surface area contributed by atoms with E-state index in [1.807, 2.05) is 0 Å². The van der Waals surface area contributed by atoms with Gasteiger partial charge in [0.2, 0.25) is 0 Å². The molecule has 0 aliphatic carbocycles. The van der Waals surface area contributed by atoms with Crippen LogP contribution < -0.4 is 13.6 Å². The second-order valence-electron chi connectivity index (χ2n) is 4.92. The number of ether oxygens (including phenoxy) is 1. The molecule has 2 aromatic rings. The van der Waals surface area contributed by atoms with Crippen LogP contribution in [0.5, 0.6) is 11.5 Å². The van der Waals surface area contributed by atoms with Crippen LogP contribution in [0.2, 0.25) is 0 Å². The van der Waals surface area contributed by atoms with Crippen molar-refractivity contribution in [2.45, 2.75) is 20.4 Å². The first-order valence-corrected chi connectivity index (χ1v) is 7.28. The fraction of sp³-hybridized carbons (Fsp3) is 0.250. The number of hydrogen-bond donors (Lipinski definition) is 1. The fourth-order valence-electron chi connectivity index (χ4n) is 2.66. The van der Waals surface area contributed by atoms with Gasteiger partial charge in [0, 0.05) is 17.7 Å². The van der Waals surface area contributed by atoms with Gasteiger partial charge in [0.25, 0.3) is 0 Å². The van der Waals surface area contributed by atoms with Gasteiger partial charge >= 0.3 is 0 Å². The van der Waals surface area contributed by atoms with Gasteiger partial charge in [-0.15, -0.1) is 0 Å². The fourth-order valence-corrected chi connectivity index (χ4v) is 3.21. The first-order valence-electron chi connectivity index (χ1n) is 6.54. The number of fused-ring (bicyclic) bond motifs is 1. The number of methoxy groups -OCH3 is 1. The first kappa shape index (κ1) is 13.3. The topological polar surface area (TPSA) is 30.5 Å². The minimum atomic E-state index is 0.821. The molecule has 2 aromatic carbocycles. The Bertz CT molecular complexity index is 632. The van der Waals surface area contributed by atoms with E-state index >= 15 is 0 Å². The van der Waals surface area contributed by atoms with Crippen LogP contribution in [0, 0.1) is 13.8 Å². The van der Waals surface area contributed by atoms with E-state index in [1.54, 1.807) is 7.11 Å². The maximum atomic E-state index is 5.72. The summed E-state index contributed by atoms with van der Waals surface area (Å²) < 4.78 is 14.3. The maximum Gasteiger partial charge on any atom is 0.151 e. The largest absolute Gasteiger partial charge is 0.496 e. The van der Waals surface area contributed by atoms with Crippen LogP contribution in [0.15, 0.2) is 30.3 Å². The van der Waals surface area contributed by atoms with Crippen LogP contribution >= 0.6 is 12.2 Å². The predicted molar refractivity (Wildman–Crippen MR) is 83.0 cm³/mol. The highest BCUT2D eigenvalue weighted by Gasteiger charge is 2.17. The zero-order chi connectivity index (χ0) is 14.1. The van der Waals surface area contributed by atoms with E-state index in [-0.39, 0.29) is 0 Å². The average molecular weight is 287 g/mol. The Morgan fingerprint density at radius 1 is 1.20 bits per heavy atom. The number of rotatable bonds is 2. The molecule has 20 heavy (non-hydrogen) atoms. The molecule has 3 rings (SSSR count). The lowest BCUT2D eigenvalue weighted by molar-refractivity contribution is 0.408. The number of para-hydroxylation sites is 1. The molecule has 104 valence electrons. The normalized spacial score (nSPS) is 13.6. The Hall–Kier alpha value is -1.65. The van der Waals surface area contributed by atoms with Crippen LogP contribution in [0.3, 0.4) is 0 Å². The van der Waals surface area contributed by atoms with Crippen molar-refractivity contribution in [3.8, 4) is 22.6 Å². The summed E-state index contributed by atoms with van der Waals surface area (Å²) in [6.07, 6.45) is 0. The Labute approximate surface area is 123 Å². The van der Waals surface area contributed by atoms with E-state index in [4.69, 9.17) is 8.92 Å². The van der Waals surface area contributed by atoms with Gasteiger partial charge in [0.15, 0.2) is 5.75 Å². The summed E-state index contributed by atoms with van der Waals surface area (Å²) in [5.41, 5.74) is 5.77. The highest BCUT2D eigenvalue weighted by molar-refractivity contribution is 7.93. The zero-order valence-corrected chi connectivity index (χ0v) is 12.6. The second kappa shape index (κ2) is 5.38. The molecule has 0 fully saturated rings. The van der Waals surface area contributed by atoms with Crippen molar-refractivity contribution in [1.29, 1.82) is 0 Å². The summed E-state index contributed by atoms with van der Waals surface area (Å²) in [5, 5.41) is 0. The molecule has 0 atom stereocenters. The van der Waals surface area contributed by atoms with Crippen LogP contribution in [0.1, 0.15) is 16.7 Å². The number of aryl methyl sites for hydroxylation is 2. The summed E-state index contributed by atoms with van der Waals surface area (Å²) in [4.78, 5) is 0. The van der Waals surface area contributed by atoms with E-state index in [2.05, 4.69) is 48.9 Å². The quantitative estimate of drug-likeness (QED) is 0.667. The molecule has 3 nitrogen and oxygen atoms in total. The van der Waals surface area contributed by atoms with Crippen molar-refractivity contribution in [3.05, 3.63) is 47.0 Å². The number of hydrogen-bond acceptors (Lipinski definition) is 4. The minimum Gasteiger partial charge on any atom is -0.496 e. The molecular weight excluding hydrogens is 270 g/mol. The Kier molecular flexibility index (Phi) is 3.59. The molecule has 4 heteroatoms. The van der Waals surface area contributed by atoms with Crippen molar-refractivity contribution >= 4 is 12.2 Å². The molecule has 0 amide bonds. The maximum absolute atomic E-state index is 5.72. The van der Waals surface area contributed by atoms with Gasteiger partial charge in [0.05, 0.1) is 7.11 Å². The monoisotopic (exact) mass is 287 g/mol. The lowest BCUT2D eigenvalue weighted by Crippen LogP contribution is -2.12. The predicted octanol–water partition coefficient (Wildman–Crippen LogP) is 4.02. The standard InChI is InChI=1S/C16H17NO2S/c1-10-7-13(8-11(2)15(10)18-3)14-6-4-5-12-9-17-20-19-16(12)14/h4-8,17H,9H2,1-3H3.